The van der Waals surface area contributed by atoms with E-state index in [0.29, 0.717) is 0 Å². The number of furan rings is 1. The minimum Gasteiger partial charge on any atom is -0.493 e. The molecule has 0 saturated heterocycles. The fourth-order valence-corrected chi connectivity index (χ4v) is 2.09. The number of nitrogens with zero attached hydrogens (tertiary/aromatic N) is 2. The smallest absolute Gasteiger partial charge is 0.162 e. The second kappa shape index (κ2) is 5.73. The summed E-state index contributed by atoms with van der Waals surface area (Å²) in [5.41, 5.74) is 0.997. The largest absolute Gasteiger partial charge is 0.493 e. The number of hydrogen-bond donors (Lipinski definition) is 1. The molecule has 0 aliphatic heterocycles. The van der Waals surface area contributed by atoms with Crippen molar-refractivity contribution in [3.8, 4) is 5.75 Å². The van der Waals surface area contributed by atoms with E-state index in [9.17, 15) is 0 Å². The molecule has 2 aromatic heterocycles. The summed E-state index contributed by atoms with van der Waals surface area (Å²) in [4.78, 5) is 0. The van der Waals surface area contributed by atoms with E-state index in [1.165, 1.54) is 0 Å². The summed E-state index contributed by atoms with van der Waals surface area (Å²) in [6.07, 6.45) is 4.44. The summed E-state index contributed by atoms with van der Waals surface area (Å²) >= 11 is 0. The Bertz CT molecular complexity index is 476. The molecule has 5 nitrogen and oxygen atoms in total. The molecule has 5 heteroatoms. The van der Waals surface area contributed by atoms with Crippen LogP contribution in [0.4, 0.5) is 0 Å². The van der Waals surface area contributed by atoms with Crippen LogP contribution in [0.1, 0.15) is 30.8 Å². The van der Waals surface area contributed by atoms with Gasteiger partial charge in [0.1, 0.15) is 17.5 Å². The van der Waals surface area contributed by atoms with Crippen molar-refractivity contribution in [1.29, 1.82) is 0 Å². The molecule has 0 aliphatic rings. The van der Waals surface area contributed by atoms with Crippen molar-refractivity contribution in [3.63, 3.8) is 0 Å². The molecule has 98 valence electrons. The molecular formula is C13H19N3O2. The lowest BCUT2D eigenvalue weighted by atomic mass is 10.1. The predicted molar refractivity (Wildman–Crippen MR) is 68.7 cm³/mol. The van der Waals surface area contributed by atoms with Crippen LogP contribution in [-0.4, -0.2) is 23.9 Å². The molecule has 1 unspecified atom stereocenters. The minimum absolute atomic E-state index is 0.0519. The Kier molecular flexibility index (Phi) is 4.04. The average Bonchev–Trinajstić information content (AvgIpc) is 3.02. The first-order chi connectivity index (χ1) is 8.81. The number of ether oxygens (including phenoxy) is 1. The van der Waals surface area contributed by atoms with Crippen LogP contribution in [-0.2, 0) is 6.54 Å². The van der Waals surface area contributed by atoms with Gasteiger partial charge >= 0.3 is 0 Å². The normalized spacial score (nSPS) is 12.6. The lowest BCUT2D eigenvalue weighted by Gasteiger charge is -2.17. The third-order valence-corrected chi connectivity index (χ3v) is 2.89. The Morgan fingerprint density at radius 1 is 1.56 bits per heavy atom. The number of methoxy groups -OCH3 is 1. The molecule has 0 radical (unpaired) electrons. The first-order valence-corrected chi connectivity index (χ1v) is 6.12. The van der Waals surface area contributed by atoms with Gasteiger partial charge in [0, 0.05) is 6.54 Å². The summed E-state index contributed by atoms with van der Waals surface area (Å²) in [5.74, 6) is 1.63. The maximum Gasteiger partial charge on any atom is 0.162 e. The van der Waals surface area contributed by atoms with Crippen molar-refractivity contribution in [2.24, 2.45) is 0 Å². The van der Waals surface area contributed by atoms with E-state index >= 15 is 0 Å². The molecule has 0 amide bonds. The highest BCUT2D eigenvalue weighted by molar-refractivity contribution is 5.33. The predicted octanol–water partition coefficient (Wildman–Crippen LogP) is 2.20. The van der Waals surface area contributed by atoms with Crippen molar-refractivity contribution in [2.45, 2.75) is 25.9 Å². The Morgan fingerprint density at radius 3 is 2.94 bits per heavy atom. The van der Waals surface area contributed by atoms with E-state index in [-0.39, 0.29) is 6.04 Å². The highest BCUT2D eigenvalue weighted by atomic mass is 16.5. The SMILES string of the molecule is CCCn1ncc(OC)c1C(NC)c1ccco1. The van der Waals surface area contributed by atoms with Crippen LogP contribution in [0.5, 0.6) is 5.75 Å². The van der Waals surface area contributed by atoms with E-state index in [0.717, 1.165) is 30.2 Å². The maximum absolute atomic E-state index is 5.48. The van der Waals surface area contributed by atoms with Crippen LogP contribution in [0, 0.1) is 0 Å². The third kappa shape index (κ3) is 2.26. The Labute approximate surface area is 107 Å². The van der Waals surface area contributed by atoms with Crippen LogP contribution in [0.25, 0.3) is 0 Å². The van der Waals surface area contributed by atoms with E-state index in [4.69, 9.17) is 9.15 Å². The lowest BCUT2D eigenvalue weighted by molar-refractivity contribution is 0.387. The molecule has 0 aromatic carbocycles. The Morgan fingerprint density at radius 2 is 2.39 bits per heavy atom. The van der Waals surface area contributed by atoms with Gasteiger partial charge in [0.2, 0.25) is 0 Å². The standard InChI is InChI=1S/C13H19N3O2/c1-4-7-16-13(11(17-3)9-15-16)12(14-2)10-6-5-8-18-10/h5-6,8-9,12,14H,4,7H2,1-3H3. The van der Waals surface area contributed by atoms with Gasteiger partial charge in [0.05, 0.1) is 19.6 Å². The van der Waals surface area contributed by atoms with Crippen LogP contribution < -0.4 is 10.1 Å². The zero-order valence-corrected chi connectivity index (χ0v) is 11.0. The van der Waals surface area contributed by atoms with Crippen LogP contribution in [0.15, 0.2) is 29.0 Å². The number of nitrogens with one attached hydrogen (secondary N) is 1. The molecule has 1 atom stereocenters. The molecule has 0 fully saturated rings. The van der Waals surface area contributed by atoms with Crippen LogP contribution >= 0.6 is 0 Å². The summed E-state index contributed by atoms with van der Waals surface area (Å²) in [5, 5.41) is 7.61. The van der Waals surface area contributed by atoms with Gasteiger partial charge in [-0.05, 0) is 25.6 Å². The van der Waals surface area contributed by atoms with E-state index in [1.807, 2.05) is 23.9 Å². The topological polar surface area (TPSA) is 52.2 Å². The van der Waals surface area contributed by atoms with Crippen molar-refractivity contribution in [1.82, 2.24) is 15.1 Å². The van der Waals surface area contributed by atoms with Gasteiger partial charge in [0.15, 0.2) is 5.75 Å². The van der Waals surface area contributed by atoms with E-state index in [2.05, 4.69) is 17.3 Å². The Balaban J connectivity index is 2.42. The minimum atomic E-state index is -0.0519. The van der Waals surface area contributed by atoms with E-state index in [1.54, 1.807) is 19.6 Å². The number of aromatic nitrogens is 2. The summed E-state index contributed by atoms with van der Waals surface area (Å²) in [6.45, 7) is 2.98. The van der Waals surface area contributed by atoms with Crippen molar-refractivity contribution < 1.29 is 9.15 Å². The van der Waals surface area contributed by atoms with Crippen LogP contribution in [0.3, 0.4) is 0 Å². The average molecular weight is 249 g/mol. The highest BCUT2D eigenvalue weighted by Gasteiger charge is 2.24. The molecule has 2 heterocycles. The fourth-order valence-electron chi connectivity index (χ4n) is 2.09. The molecule has 2 aromatic rings. The van der Waals surface area contributed by atoms with Gasteiger partial charge in [-0.2, -0.15) is 5.10 Å². The summed E-state index contributed by atoms with van der Waals surface area (Å²) in [6, 6.07) is 3.78. The molecule has 2 rings (SSSR count). The highest BCUT2D eigenvalue weighted by Crippen LogP contribution is 2.30. The fraction of sp³-hybridized carbons (Fsp3) is 0.462. The van der Waals surface area contributed by atoms with Gasteiger partial charge in [-0.3, -0.25) is 4.68 Å². The van der Waals surface area contributed by atoms with Gasteiger partial charge in [-0.25, -0.2) is 0 Å². The van der Waals surface area contributed by atoms with Crippen molar-refractivity contribution in [3.05, 3.63) is 36.0 Å². The lowest BCUT2D eigenvalue weighted by Crippen LogP contribution is -2.21. The molecular weight excluding hydrogens is 230 g/mol. The zero-order chi connectivity index (χ0) is 13.0. The molecule has 0 aliphatic carbocycles. The molecule has 1 N–H and O–H groups in total. The van der Waals surface area contributed by atoms with Gasteiger partial charge in [-0.1, -0.05) is 6.92 Å². The number of aryl methyl sites for hydroxylation is 1. The third-order valence-electron chi connectivity index (χ3n) is 2.89. The molecule has 0 saturated carbocycles. The second-order valence-electron chi connectivity index (χ2n) is 4.06. The first kappa shape index (κ1) is 12.7. The maximum atomic E-state index is 5.48. The Hall–Kier alpha value is -1.75. The number of rotatable bonds is 6. The van der Waals surface area contributed by atoms with Gasteiger partial charge < -0.3 is 14.5 Å². The number of hydrogen-bond acceptors (Lipinski definition) is 4. The summed E-state index contributed by atoms with van der Waals surface area (Å²) < 4.78 is 12.8. The monoisotopic (exact) mass is 249 g/mol. The van der Waals surface area contributed by atoms with Gasteiger partial charge in [-0.15, -0.1) is 0 Å². The van der Waals surface area contributed by atoms with E-state index < -0.39 is 0 Å². The summed E-state index contributed by atoms with van der Waals surface area (Å²) in [7, 11) is 3.56. The molecule has 0 spiro atoms. The van der Waals surface area contributed by atoms with Gasteiger partial charge in [0.25, 0.3) is 0 Å². The zero-order valence-electron chi connectivity index (χ0n) is 11.0. The first-order valence-electron chi connectivity index (χ1n) is 6.12. The van der Waals surface area contributed by atoms with Crippen molar-refractivity contribution in [2.75, 3.05) is 14.2 Å². The molecule has 18 heavy (non-hydrogen) atoms. The quantitative estimate of drug-likeness (QED) is 0.852. The second-order valence-corrected chi connectivity index (χ2v) is 4.06. The molecule has 0 bridgehead atoms. The van der Waals surface area contributed by atoms with Crippen molar-refractivity contribution >= 4 is 0 Å². The van der Waals surface area contributed by atoms with Crippen LogP contribution in [0.2, 0.25) is 0 Å².